The first-order chi connectivity index (χ1) is 5.38. The van der Waals surface area contributed by atoms with E-state index in [1.807, 2.05) is 4.90 Å². The lowest BCUT2D eigenvalue weighted by atomic mass is 10.3. The molecule has 1 fully saturated rings. The van der Waals surface area contributed by atoms with Gasteiger partial charge in [0.25, 0.3) is 0 Å². The molecule has 0 aliphatic carbocycles. The van der Waals surface area contributed by atoms with Gasteiger partial charge in [-0.2, -0.15) is 0 Å². The summed E-state index contributed by atoms with van der Waals surface area (Å²) in [5.41, 5.74) is 0. The fraction of sp³-hybridized carbons (Fsp3) is 0.375. The van der Waals surface area contributed by atoms with Crippen molar-refractivity contribution in [3.05, 3.63) is 25.6 Å². The highest BCUT2D eigenvalue weighted by atomic mass is 15.2. The minimum atomic E-state index is 0.804. The first-order valence-electron chi connectivity index (χ1n) is 3.66. The summed E-state index contributed by atoms with van der Waals surface area (Å²) in [5, 5.41) is 3.22. The van der Waals surface area contributed by atoms with Crippen LogP contribution in [0.15, 0.2) is 30.6 Å². The van der Waals surface area contributed by atoms with Crippen molar-refractivity contribution in [2.45, 2.75) is 0 Å². The van der Waals surface area contributed by atoms with E-state index in [2.05, 4.69) is 23.5 Å². The van der Waals surface area contributed by atoms with Gasteiger partial charge >= 0.3 is 0 Å². The molecule has 1 aliphatic rings. The van der Waals surface area contributed by atoms with Crippen molar-refractivity contribution in [1.82, 2.24) is 10.2 Å². The molecule has 0 bridgehead atoms. The molecule has 1 heterocycles. The molecule has 0 saturated carbocycles. The van der Waals surface area contributed by atoms with Crippen LogP contribution in [0.3, 0.4) is 0 Å². The monoisotopic (exact) mass is 151 g/mol. The minimum absolute atomic E-state index is 0.804. The van der Waals surface area contributed by atoms with Crippen molar-refractivity contribution in [3.8, 4) is 0 Å². The van der Waals surface area contributed by atoms with Crippen LogP contribution in [0.25, 0.3) is 0 Å². The Kier molecular flexibility index (Phi) is 2.86. The maximum absolute atomic E-state index is 4.11. The molecule has 1 aliphatic heterocycles. The van der Waals surface area contributed by atoms with Crippen molar-refractivity contribution in [3.63, 3.8) is 0 Å². The summed E-state index contributed by atoms with van der Waals surface area (Å²) in [6, 6.07) is 0. The van der Waals surface area contributed by atoms with Gasteiger partial charge in [-0.25, -0.2) is 4.99 Å². The maximum atomic E-state index is 4.11. The van der Waals surface area contributed by atoms with Crippen molar-refractivity contribution < 1.29 is 0 Å². The highest BCUT2D eigenvalue weighted by molar-refractivity contribution is 5.86. The van der Waals surface area contributed by atoms with E-state index in [0.29, 0.717) is 0 Å². The second-order valence-corrected chi connectivity index (χ2v) is 2.28. The standard InChI is InChI=1S/C8H13N3/c1-3-10-8-7-9-5-6-11(8)4-2/h3-4,9H,1-2,5-7H2/b10-8-. The lowest BCUT2D eigenvalue weighted by Crippen LogP contribution is -2.45. The molecule has 1 saturated heterocycles. The smallest absolute Gasteiger partial charge is 0.122 e. The van der Waals surface area contributed by atoms with Crippen LogP contribution >= 0.6 is 0 Å². The Bertz CT molecular complexity index is 184. The number of hydrogen-bond acceptors (Lipinski definition) is 2. The molecule has 0 unspecified atom stereocenters. The fourth-order valence-corrected chi connectivity index (χ4v) is 1.05. The van der Waals surface area contributed by atoms with Crippen LogP contribution in [0.4, 0.5) is 0 Å². The highest BCUT2D eigenvalue weighted by Gasteiger charge is 2.11. The molecule has 1 N–H and O–H groups in total. The summed E-state index contributed by atoms with van der Waals surface area (Å²) in [5.74, 6) is 0.987. The Labute approximate surface area is 67.1 Å². The van der Waals surface area contributed by atoms with Gasteiger partial charge in [0.05, 0.1) is 6.54 Å². The second-order valence-electron chi connectivity index (χ2n) is 2.28. The van der Waals surface area contributed by atoms with Crippen molar-refractivity contribution in [2.24, 2.45) is 4.99 Å². The van der Waals surface area contributed by atoms with E-state index in [0.717, 1.165) is 25.5 Å². The number of aliphatic imine (C=N–C) groups is 1. The molecule has 3 heteroatoms. The quantitative estimate of drug-likeness (QED) is 0.625. The summed E-state index contributed by atoms with van der Waals surface area (Å²) >= 11 is 0. The van der Waals surface area contributed by atoms with Crippen LogP contribution in [0.5, 0.6) is 0 Å². The number of piperazine rings is 1. The Morgan fingerprint density at radius 3 is 3.00 bits per heavy atom. The van der Waals surface area contributed by atoms with Gasteiger partial charge in [-0.15, -0.1) is 0 Å². The fourth-order valence-electron chi connectivity index (χ4n) is 1.05. The topological polar surface area (TPSA) is 27.6 Å². The van der Waals surface area contributed by atoms with Gasteiger partial charge in [-0.3, -0.25) is 0 Å². The van der Waals surface area contributed by atoms with Crippen LogP contribution in [0, 0.1) is 0 Å². The van der Waals surface area contributed by atoms with Crippen molar-refractivity contribution >= 4 is 5.84 Å². The third kappa shape index (κ3) is 1.91. The molecule has 0 radical (unpaired) electrons. The van der Waals surface area contributed by atoms with E-state index < -0.39 is 0 Å². The maximum Gasteiger partial charge on any atom is 0.122 e. The van der Waals surface area contributed by atoms with Crippen LogP contribution in [-0.4, -0.2) is 30.4 Å². The van der Waals surface area contributed by atoms with E-state index in [1.165, 1.54) is 0 Å². The second kappa shape index (κ2) is 3.93. The average molecular weight is 151 g/mol. The average Bonchev–Trinajstić information content (AvgIpc) is 2.06. The van der Waals surface area contributed by atoms with E-state index in [9.17, 15) is 0 Å². The minimum Gasteiger partial charge on any atom is -0.335 e. The summed E-state index contributed by atoms with van der Waals surface area (Å²) in [6.45, 7) is 9.98. The van der Waals surface area contributed by atoms with E-state index >= 15 is 0 Å². The van der Waals surface area contributed by atoms with Gasteiger partial charge in [0, 0.05) is 19.3 Å². The summed E-state index contributed by atoms with van der Waals surface area (Å²) in [6.07, 6.45) is 3.35. The first kappa shape index (κ1) is 8.01. The summed E-state index contributed by atoms with van der Waals surface area (Å²) in [7, 11) is 0. The largest absolute Gasteiger partial charge is 0.335 e. The summed E-state index contributed by atoms with van der Waals surface area (Å²) < 4.78 is 0. The molecule has 0 spiro atoms. The molecular weight excluding hydrogens is 138 g/mol. The molecule has 3 nitrogen and oxygen atoms in total. The first-order valence-corrected chi connectivity index (χ1v) is 3.66. The molecule has 60 valence electrons. The normalized spacial score (nSPS) is 21.8. The molecule has 0 aromatic rings. The Balaban J connectivity index is 2.65. The zero-order valence-corrected chi connectivity index (χ0v) is 6.58. The third-order valence-corrected chi connectivity index (χ3v) is 1.60. The zero-order chi connectivity index (χ0) is 8.10. The van der Waals surface area contributed by atoms with E-state index in [1.54, 1.807) is 12.4 Å². The number of nitrogens with one attached hydrogen (secondary N) is 1. The molecule has 11 heavy (non-hydrogen) atoms. The predicted octanol–water partition coefficient (Wildman–Crippen LogP) is 0.577. The van der Waals surface area contributed by atoms with Crippen LogP contribution in [0.1, 0.15) is 0 Å². The van der Waals surface area contributed by atoms with Gasteiger partial charge in [0.15, 0.2) is 0 Å². The summed E-state index contributed by atoms with van der Waals surface area (Å²) in [4.78, 5) is 6.13. The molecule has 0 atom stereocenters. The van der Waals surface area contributed by atoms with Crippen molar-refractivity contribution in [1.29, 1.82) is 0 Å². The highest BCUT2D eigenvalue weighted by Crippen LogP contribution is 1.96. The predicted molar refractivity (Wildman–Crippen MR) is 47.4 cm³/mol. The zero-order valence-electron chi connectivity index (χ0n) is 6.58. The van der Waals surface area contributed by atoms with Crippen LogP contribution < -0.4 is 5.32 Å². The number of amidine groups is 1. The van der Waals surface area contributed by atoms with Crippen molar-refractivity contribution in [2.75, 3.05) is 19.6 Å². The lowest BCUT2D eigenvalue weighted by Gasteiger charge is -2.26. The molecule has 1 rings (SSSR count). The Hall–Kier alpha value is -1.09. The van der Waals surface area contributed by atoms with Gasteiger partial charge < -0.3 is 10.2 Å². The third-order valence-electron chi connectivity index (χ3n) is 1.60. The Morgan fingerprint density at radius 2 is 2.36 bits per heavy atom. The molecule has 0 aromatic carbocycles. The van der Waals surface area contributed by atoms with Gasteiger partial charge in [-0.05, 0) is 6.20 Å². The molecule has 0 aromatic heterocycles. The van der Waals surface area contributed by atoms with Gasteiger partial charge in [0.1, 0.15) is 5.84 Å². The molecule has 0 amide bonds. The van der Waals surface area contributed by atoms with E-state index in [-0.39, 0.29) is 0 Å². The van der Waals surface area contributed by atoms with Crippen LogP contribution in [0.2, 0.25) is 0 Å². The number of nitrogens with zero attached hydrogens (tertiary/aromatic N) is 2. The number of rotatable bonds is 2. The van der Waals surface area contributed by atoms with Gasteiger partial charge in [-0.1, -0.05) is 13.2 Å². The Morgan fingerprint density at radius 1 is 1.55 bits per heavy atom. The van der Waals surface area contributed by atoms with Gasteiger partial charge in [0.2, 0.25) is 0 Å². The SMILES string of the molecule is C=C/N=C1/CNCCN1C=C. The molecular formula is C8H13N3. The van der Waals surface area contributed by atoms with Crippen LogP contribution in [-0.2, 0) is 0 Å². The van der Waals surface area contributed by atoms with E-state index in [4.69, 9.17) is 0 Å². The number of hydrogen-bond donors (Lipinski definition) is 1. The lowest BCUT2D eigenvalue weighted by molar-refractivity contribution is 0.483.